The summed E-state index contributed by atoms with van der Waals surface area (Å²) in [4.78, 5) is 5.48. The van der Waals surface area contributed by atoms with Crippen LogP contribution in [0.5, 0.6) is 0 Å². The molecule has 3 heteroatoms. The van der Waals surface area contributed by atoms with E-state index in [0.717, 1.165) is 11.4 Å². The molecule has 0 aliphatic carbocycles. The van der Waals surface area contributed by atoms with Gasteiger partial charge < -0.3 is 5.11 Å². The van der Waals surface area contributed by atoms with E-state index in [0.29, 0.717) is 0 Å². The average Bonchev–Trinajstić information content (AvgIpc) is 2.35. The van der Waals surface area contributed by atoms with Crippen molar-refractivity contribution in [2.75, 3.05) is 6.61 Å². The number of thiazole rings is 1. The monoisotopic (exact) mass is 185 g/mol. The average molecular weight is 185 g/mol. The summed E-state index contributed by atoms with van der Waals surface area (Å²) in [5.41, 5.74) is 0.137. The lowest BCUT2D eigenvalue weighted by Gasteiger charge is -2.13. The van der Waals surface area contributed by atoms with Crippen molar-refractivity contribution in [2.45, 2.75) is 32.6 Å². The molecule has 0 aliphatic rings. The summed E-state index contributed by atoms with van der Waals surface area (Å²) in [6, 6.07) is 0. The lowest BCUT2D eigenvalue weighted by molar-refractivity contribution is 0.300. The molecule has 0 fully saturated rings. The zero-order valence-electron chi connectivity index (χ0n) is 7.79. The van der Waals surface area contributed by atoms with E-state index in [1.807, 2.05) is 6.20 Å². The van der Waals surface area contributed by atoms with Gasteiger partial charge in [-0.3, -0.25) is 0 Å². The molecule has 0 amide bonds. The van der Waals surface area contributed by atoms with Crippen molar-refractivity contribution in [3.05, 3.63) is 16.1 Å². The fourth-order valence-corrected chi connectivity index (χ4v) is 1.84. The van der Waals surface area contributed by atoms with E-state index in [9.17, 15) is 0 Å². The van der Waals surface area contributed by atoms with Crippen LogP contribution in [-0.4, -0.2) is 16.7 Å². The van der Waals surface area contributed by atoms with Gasteiger partial charge in [0.05, 0.1) is 5.01 Å². The van der Waals surface area contributed by atoms with Crippen molar-refractivity contribution in [1.29, 1.82) is 0 Å². The maximum absolute atomic E-state index is 8.71. The van der Waals surface area contributed by atoms with Crippen molar-refractivity contribution < 1.29 is 5.11 Å². The summed E-state index contributed by atoms with van der Waals surface area (Å²) in [5, 5.41) is 9.86. The fraction of sp³-hybridized carbons (Fsp3) is 0.667. The Morgan fingerprint density at radius 2 is 2.17 bits per heavy atom. The highest BCUT2D eigenvalue weighted by atomic mass is 32.1. The molecule has 68 valence electrons. The third-order valence-electron chi connectivity index (χ3n) is 1.55. The van der Waals surface area contributed by atoms with E-state index in [-0.39, 0.29) is 12.0 Å². The van der Waals surface area contributed by atoms with Gasteiger partial charge in [-0.05, 0) is 0 Å². The molecule has 0 saturated heterocycles. The largest absolute Gasteiger partial charge is 0.396 e. The van der Waals surface area contributed by atoms with E-state index in [4.69, 9.17) is 5.11 Å². The summed E-state index contributed by atoms with van der Waals surface area (Å²) in [6.45, 7) is 6.66. The standard InChI is InChI=1S/C9H15NOS/c1-9(2,3)8-10-6-7(12-8)4-5-11/h6,11H,4-5H2,1-3H3. The molecule has 1 N–H and O–H groups in total. The second-order valence-corrected chi connectivity index (χ2v) is 4.97. The van der Waals surface area contributed by atoms with Crippen LogP contribution in [0, 0.1) is 0 Å². The number of hydrogen-bond acceptors (Lipinski definition) is 3. The topological polar surface area (TPSA) is 33.1 Å². The second-order valence-electron chi connectivity index (χ2n) is 3.86. The molecule has 0 spiro atoms. The van der Waals surface area contributed by atoms with Crippen LogP contribution in [0.3, 0.4) is 0 Å². The van der Waals surface area contributed by atoms with E-state index in [1.165, 1.54) is 4.88 Å². The molecule has 12 heavy (non-hydrogen) atoms. The molecule has 0 bridgehead atoms. The molecule has 0 aliphatic heterocycles. The van der Waals surface area contributed by atoms with Gasteiger partial charge in [0.1, 0.15) is 0 Å². The minimum absolute atomic E-state index is 0.137. The fourth-order valence-electron chi connectivity index (χ4n) is 0.880. The van der Waals surface area contributed by atoms with Crippen LogP contribution in [0.2, 0.25) is 0 Å². The molecule has 1 heterocycles. The Morgan fingerprint density at radius 1 is 1.50 bits per heavy atom. The minimum Gasteiger partial charge on any atom is -0.396 e. The van der Waals surface area contributed by atoms with Crippen LogP contribution in [0.4, 0.5) is 0 Å². The predicted octanol–water partition coefficient (Wildman–Crippen LogP) is 1.98. The van der Waals surface area contributed by atoms with Gasteiger partial charge in [0.2, 0.25) is 0 Å². The van der Waals surface area contributed by atoms with Crippen LogP contribution in [0.15, 0.2) is 6.20 Å². The van der Waals surface area contributed by atoms with Gasteiger partial charge in [-0.1, -0.05) is 20.8 Å². The summed E-state index contributed by atoms with van der Waals surface area (Å²) in [7, 11) is 0. The maximum Gasteiger partial charge on any atom is 0.0981 e. The summed E-state index contributed by atoms with van der Waals surface area (Å²) < 4.78 is 0. The number of hydrogen-bond donors (Lipinski definition) is 1. The Bertz CT molecular complexity index is 249. The zero-order valence-corrected chi connectivity index (χ0v) is 8.61. The molecule has 1 rings (SSSR count). The third kappa shape index (κ3) is 2.29. The van der Waals surface area contributed by atoms with Crippen LogP contribution >= 0.6 is 11.3 Å². The molecule has 0 atom stereocenters. The maximum atomic E-state index is 8.71. The minimum atomic E-state index is 0.137. The van der Waals surface area contributed by atoms with Gasteiger partial charge in [0.15, 0.2) is 0 Å². The first-order valence-electron chi connectivity index (χ1n) is 4.10. The quantitative estimate of drug-likeness (QED) is 0.764. The van der Waals surface area contributed by atoms with E-state index < -0.39 is 0 Å². The first-order chi connectivity index (χ1) is 5.54. The van der Waals surface area contributed by atoms with Crippen molar-refractivity contribution in [1.82, 2.24) is 4.98 Å². The lowest BCUT2D eigenvalue weighted by atomic mass is 9.98. The SMILES string of the molecule is CC(C)(C)c1ncc(CCO)s1. The first-order valence-corrected chi connectivity index (χ1v) is 4.92. The van der Waals surface area contributed by atoms with Gasteiger partial charge in [0.25, 0.3) is 0 Å². The Kier molecular flexibility index (Phi) is 2.85. The number of rotatable bonds is 2. The lowest BCUT2D eigenvalue weighted by Crippen LogP contribution is -2.09. The normalized spacial score (nSPS) is 12.0. The molecule has 2 nitrogen and oxygen atoms in total. The van der Waals surface area contributed by atoms with Crippen molar-refractivity contribution in [3.8, 4) is 0 Å². The van der Waals surface area contributed by atoms with Gasteiger partial charge in [-0.25, -0.2) is 4.98 Å². The number of aliphatic hydroxyl groups is 1. The Labute approximate surface area is 77.3 Å². The van der Waals surface area contributed by atoms with Gasteiger partial charge in [0, 0.05) is 29.5 Å². The van der Waals surface area contributed by atoms with Gasteiger partial charge in [-0.2, -0.15) is 0 Å². The van der Waals surface area contributed by atoms with E-state index in [1.54, 1.807) is 11.3 Å². The summed E-state index contributed by atoms with van der Waals surface area (Å²) >= 11 is 1.69. The second kappa shape index (κ2) is 3.54. The van der Waals surface area contributed by atoms with Crippen LogP contribution < -0.4 is 0 Å². The molecule has 1 aromatic rings. The van der Waals surface area contributed by atoms with Gasteiger partial charge in [-0.15, -0.1) is 11.3 Å². The highest BCUT2D eigenvalue weighted by Crippen LogP contribution is 2.26. The first kappa shape index (κ1) is 9.68. The van der Waals surface area contributed by atoms with E-state index in [2.05, 4.69) is 25.8 Å². The van der Waals surface area contributed by atoms with Gasteiger partial charge >= 0.3 is 0 Å². The van der Waals surface area contributed by atoms with Crippen LogP contribution in [0.1, 0.15) is 30.7 Å². The Morgan fingerprint density at radius 3 is 2.58 bits per heavy atom. The molecular formula is C9H15NOS. The van der Waals surface area contributed by atoms with Crippen LogP contribution in [0.25, 0.3) is 0 Å². The van der Waals surface area contributed by atoms with Crippen molar-refractivity contribution in [2.24, 2.45) is 0 Å². The van der Waals surface area contributed by atoms with Crippen molar-refractivity contribution >= 4 is 11.3 Å². The highest BCUT2D eigenvalue weighted by molar-refractivity contribution is 7.11. The summed E-state index contributed by atoms with van der Waals surface area (Å²) in [5.74, 6) is 0. The number of nitrogens with zero attached hydrogens (tertiary/aromatic N) is 1. The molecule has 0 unspecified atom stereocenters. The Balaban J connectivity index is 2.77. The molecule has 0 radical (unpaired) electrons. The molecule has 0 aromatic carbocycles. The smallest absolute Gasteiger partial charge is 0.0981 e. The third-order valence-corrected chi connectivity index (χ3v) is 3.04. The number of aliphatic hydroxyl groups excluding tert-OH is 1. The molecule has 0 saturated carbocycles. The zero-order chi connectivity index (χ0) is 9.19. The number of aromatic nitrogens is 1. The predicted molar refractivity (Wildman–Crippen MR) is 51.6 cm³/mol. The Hall–Kier alpha value is -0.410. The van der Waals surface area contributed by atoms with E-state index >= 15 is 0 Å². The van der Waals surface area contributed by atoms with Crippen molar-refractivity contribution in [3.63, 3.8) is 0 Å². The summed E-state index contributed by atoms with van der Waals surface area (Å²) in [6.07, 6.45) is 2.59. The highest BCUT2D eigenvalue weighted by Gasteiger charge is 2.17. The molecule has 1 aromatic heterocycles. The molecular weight excluding hydrogens is 170 g/mol. The van der Waals surface area contributed by atoms with Crippen LogP contribution in [-0.2, 0) is 11.8 Å².